The predicted octanol–water partition coefficient (Wildman–Crippen LogP) is 2.67. The molecule has 1 aromatic heterocycles. The van der Waals surface area contributed by atoms with Gasteiger partial charge in [0.05, 0.1) is 6.61 Å². The number of benzene rings is 1. The van der Waals surface area contributed by atoms with Gasteiger partial charge in [0.25, 0.3) is 10.0 Å². The van der Waals surface area contributed by atoms with Crippen LogP contribution >= 0.6 is 11.3 Å². The Morgan fingerprint density at radius 2 is 1.95 bits per heavy atom. The molecule has 0 aliphatic heterocycles. The first-order valence-corrected chi connectivity index (χ1v) is 8.89. The molecule has 1 aromatic carbocycles. The van der Waals surface area contributed by atoms with Crippen LogP contribution in [0.4, 0.5) is 5.69 Å². The highest BCUT2D eigenvalue weighted by Gasteiger charge is 2.16. The zero-order valence-corrected chi connectivity index (χ0v) is 13.6. The SMILES string of the molecule is CCOc1ccc(NS(=O)(=O)c2cc(CNC)cs2)cc1. The Labute approximate surface area is 129 Å². The van der Waals surface area contributed by atoms with E-state index in [4.69, 9.17) is 4.74 Å². The van der Waals surface area contributed by atoms with Crippen LogP contribution in [0, 0.1) is 0 Å². The summed E-state index contributed by atoms with van der Waals surface area (Å²) in [5.74, 6) is 0.716. The normalized spacial score (nSPS) is 11.3. The van der Waals surface area contributed by atoms with Crippen molar-refractivity contribution in [2.24, 2.45) is 0 Å². The zero-order chi connectivity index (χ0) is 15.3. The van der Waals surface area contributed by atoms with Crippen LogP contribution in [-0.2, 0) is 16.6 Å². The maximum absolute atomic E-state index is 12.3. The van der Waals surface area contributed by atoms with Gasteiger partial charge in [0.2, 0.25) is 0 Å². The van der Waals surface area contributed by atoms with Gasteiger partial charge in [-0.25, -0.2) is 8.42 Å². The quantitative estimate of drug-likeness (QED) is 0.821. The first-order valence-electron chi connectivity index (χ1n) is 6.53. The molecule has 7 heteroatoms. The molecule has 2 aromatic rings. The summed E-state index contributed by atoms with van der Waals surface area (Å²) < 4.78 is 32.8. The molecular weight excluding hydrogens is 308 g/mol. The van der Waals surface area contributed by atoms with E-state index in [0.717, 1.165) is 5.56 Å². The van der Waals surface area contributed by atoms with Gasteiger partial charge in [0.1, 0.15) is 9.96 Å². The van der Waals surface area contributed by atoms with Crippen molar-refractivity contribution < 1.29 is 13.2 Å². The highest BCUT2D eigenvalue weighted by Crippen LogP contribution is 2.24. The Morgan fingerprint density at radius 1 is 1.24 bits per heavy atom. The molecule has 21 heavy (non-hydrogen) atoms. The number of thiophene rings is 1. The number of rotatable bonds is 7. The summed E-state index contributed by atoms with van der Waals surface area (Å²) in [6, 6.07) is 8.53. The van der Waals surface area contributed by atoms with Crippen molar-refractivity contribution in [3.63, 3.8) is 0 Å². The third-order valence-corrected chi connectivity index (χ3v) is 5.56. The van der Waals surface area contributed by atoms with Crippen LogP contribution in [0.5, 0.6) is 5.75 Å². The van der Waals surface area contributed by atoms with Crippen LogP contribution < -0.4 is 14.8 Å². The molecule has 0 fully saturated rings. The third-order valence-electron chi connectivity index (χ3n) is 2.69. The monoisotopic (exact) mass is 326 g/mol. The lowest BCUT2D eigenvalue weighted by atomic mass is 10.3. The fourth-order valence-corrected chi connectivity index (χ4v) is 4.05. The fraction of sp³-hybridized carbons (Fsp3) is 0.286. The van der Waals surface area contributed by atoms with E-state index in [9.17, 15) is 8.42 Å². The molecule has 0 saturated heterocycles. The zero-order valence-electron chi connectivity index (χ0n) is 11.9. The number of hydrogen-bond acceptors (Lipinski definition) is 5. The largest absolute Gasteiger partial charge is 0.494 e. The Bertz CT molecular complexity index is 678. The lowest BCUT2D eigenvalue weighted by molar-refractivity contribution is 0.340. The van der Waals surface area contributed by atoms with Gasteiger partial charge in [-0.05, 0) is 55.2 Å². The Balaban J connectivity index is 2.12. The van der Waals surface area contributed by atoms with Crippen LogP contribution in [0.2, 0.25) is 0 Å². The average molecular weight is 326 g/mol. The Kier molecular flexibility index (Phi) is 5.22. The maximum Gasteiger partial charge on any atom is 0.271 e. The van der Waals surface area contributed by atoms with E-state index in [2.05, 4.69) is 10.0 Å². The standard InChI is InChI=1S/C14H18N2O3S2/c1-3-19-13-6-4-12(5-7-13)16-21(17,18)14-8-11(9-15-2)10-20-14/h4-8,10,15-16H,3,9H2,1-2H3. The van der Waals surface area contributed by atoms with Crippen molar-refractivity contribution in [2.75, 3.05) is 18.4 Å². The topological polar surface area (TPSA) is 67.4 Å². The smallest absolute Gasteiger partial charge is 0.271 e. The summed E-state index contributed by atoms with van der Waals surface area (Å²) in [6.45, 7) is 3.12. The molecule has 0 amide bonds. The molecule has 0 aliphatic carbocycles. The van der Waals surface area contributed by atoms with Gasteiger partial charge in [-0.3, -0.25) is 4.72 Å². The van der Waals surface area contributed by atoms with Crippen molar-refractivity contribution in [3.8, 4) is 5.75 Å². The van der Waals surface area contributed by atoms with Crippen LogP contribution in [0.1, 0.15) is 12.5 Å². The number of anilines is 1. The summed E-state index contributed by atoms with van der Waals surface area (Å²) >= 11 is 1.21. The number of hydrogen-bond donors (Lipinski definition) is 2. The predicted molar refractivity (Wildman–Crippen MR) is 85.5 cm³/mol. The molecule has 1 heterocycles. The van der Waals surface area contributed by atoms with Crippen LogP contribution in [-0.4, -0.2) is 22.1 Å². The van der Waals surface area contributed by atoms with E-state index in [-0.39, 0.29) is 0 Å². The van der Waals surface area contributed by atoms with Crippen LogP contribution in [0.3, 0.4) is 0 Å². The van der Waals surface area contributed by atoms with Crippen molar-refractivity contribution in [1.29, 1.82) is 0 Å². The first-order chi connectivity index (χ1) is 10.0. The second-order valence-corrected chi connectivity index (χ2v) is 7.19. The lowest BCUT2D eigenvalue weighted by Gasteiger charge is -2.07. The number of nitrogens with one attached hydrogen (secondary N) is 2. The van der Waals surface area contributed by atoms with E-state index in [1.54, 1.807) is 30.3 Å². The van der Waals surface area contributed by atoms with Crippen molar-refractivity contribution in [3.05, 3.63) is 41.3 Å². The molecule has 0 radical (unpaired) electrons. The summed E-state index contributed by atoms with van der Waals surface area (Å²) in [7, 11) is -1.71. The molecule has 2 N–H and O–H groups in total. The molecule has 5 nitrogen and oxygen atoms in total. The number of sulfonamides is 1. The van der Waals surface area contributed by atoms with E-state index >= 15 is 0 Å². The van der Waals surface area contributed by atoms with E-state index in [1.807, 2.05) is 19.4 Å². The van der Waals surface area contributed by atoms with Gasteiger partial charge in [-0.1, -0.05) is 0 Å². The highest BCUT2D eigenvalue weighted by atomic mass is 32.2. The van der Waals surface area contributed by atoms with E-state index in [0.29, 0.717) is 28.8 Å². The van der Waals surface area contributed by atoms with Crippen molar-refractivity contribution in [2.45, 2.75) is 17.7 Å². The fourth-order valence-electron chi connectivity index (χ4n) is 1.78. The average Bonchev–Trinajstić information content (AvgIpc) is 2.91. The minimum atomic E-state index is -3.54. The molecule has 0 spiro atoms. The highest BCUT2D eigenvalue weighted by molar-refractivity contribution is 7.94. The second-order valence-electron chi connectivity index (χ2n) is 4.37. The molecule has 0 aliphatic rings. The van der Waals surface area contributed by atoms with Gasteiger partial charge < -0.3 is 10.1 Å². The minimum absolute atomic E-state index is 0.307. The lowest BCUT2D eigenvalue weighted by Crippen LogP contribution is -2.11. The Morgan fingerprint density at radius 3 is 2.57 bits per heavy atom. The van der Waals surface area contributed by atoms with Crippen LogP contribution in [0.15, 0.2) is 39.9 Å². The number of ether oxygens (including phenoxy) is 1. The third kappa shape index (κ3) is 4.20. The summed E-state index contributed by atoms with van der Waals surface area (Å²) in [4.78, 5) is 0. The van der Waals surface area contributed by atoms with Gasteiger partial charge in [-0.15, -0.1) is 11.3 Å². The van der Waals surface area contributed by atoms with Gasteiger partial charge in [0, 0.05) is 12.2 Å². The Hall–Kier alpha value is -1.57. The second kappa shape index (κ2) is 6.93. The maximum atomic E-state index is 12.3. The van der Waals surface area contributed by atoms with Gasteiger partial charge in [-0.2, -0.15) is 0 Å². The van der Waals surface area contributed by atoms with E-state index < -0.39 is 10.0 Å². The molecule has 0 saturated carbocycles. The van der Waals surface area contributed by atoms with Crippen molar-refractivity contribution in [1.82, 2.24) is 5.32 Å². The molecule has 114 valence electrons. The van der Waals surface area contributed by atoms with Gasteiger partial charge >= 0.3 is 0 Å². The van der Waals surface area contributed by atoms with Gasteiger partial charge in [0.15, 0.2) is 0 Å². The molecule has 0 bridgehead atoms. The van der Waals surface area contributed by atoms with Crippen LogP contribution in [0.25, 0.3) is 0 Å². The molecular formula is C14H18N2O3S2. The van der Waals surface area contributed by atoms with E-state index in [1.165, 1.54) is 11.3 Å². The summed E-state index contributed by atoms with van der Waals surface area (Å²) in [6.07, 6.45) is 0. The molecule has 0 atom stereocenters. The minimum Gasteiger partial charge on any atom is -0.494 e. The summed E-state index contributed by atoms with van der Waals surface area (Å²) in [5.41, 5.74) is 1.47. The summed E-state index contributed by atoms with van der Waals surface area (Å²) in [5, 5.41) is 4.83. The molecule has 2 rings (SSSR count). The van der Waals surface area contributed by atoms with Crippen molar-refractivity contribution >= 4 is 27.0 Å². The molecule has 0 unspecified atom stereocenters. The first kappa shape index (κ1) is 15.8.